The summed E-state index contributed by atoms with van der Waals surface area (Å²) in [6.45, 7) is 1.38. The fourth-order valence-electron chi connectivity index (χ4n) is 5.72. The van der Waals surface area contributed by atoms with Gasteiger partial charge in [-0.3, -0.25) is 0 Å². The predicted molar refractivity (Wildman–Crippen MR) is 159 cm³/mol. The number of methoxy groups -OCH3 is 1. The van der Waals surface area contributed by atoms with Gasteiger partial charge in [0, 0.05) is 18.5 Å². The summed E-state index contributed by atoms with van der Waals surface area (Å²) in [6.07, 6.45) is 5.96. The van der Waals surface area contributed by atoms with Gasteiger partial charge in [-0.05, 0) is 90.4 Å². The number of rotatable bonds is 12. The van der Waals surface area contributed by atoms with Crippen LogP contribution in [-0.2, 0) is 22.9 Å². The SMILES string of the molecule is COc1ccc2c(c1)CCC(NCCCCCNS(=O)(=O)c1ccc3ccccc3c1)C2Cc1ccccc1. The van der Waals surface area contributed by atoms with Crippen LogP contribution in [0.2, 0.25) is 0 Å². The number of hydrogen-bond acceptors (Lipinski definition) is 4. The molecular weight excluding hydrogens is 504 g/mol. The van der Waals surface area contributed by atoms with Gasteiger partial charge in [0.15, 0.2) is 0 Å². The van der Waals surface area contributed by atoms with E-state index in [1.807, 2.05) is 30.3 Å². The highest BCUT2D eigenvalue weighted by molar-refractivity contribution is 7.89. The molecule has 2 atom stereocenters. The highest BCUT2D eigenvalue weighted by Gasteiger charge is 2.29. The zero-order valence-electron chi connectivity index (χ0n) is 22.6. The van der Waals surface area contributed by atoms with Gasteiger partial charge in [-0.2, -0.15) is 0 Å². The van der Waals surface area contributed by atoms with E-state index in [9.17, 15) is 8.42 Å². The normalized spacial score (nSPS) is 17.2. The average molecular weight is 543 g/mol. The summed E-state index contributed by atoms with van der Waals surface area (Å²) in [5.74, 6) is 1.34. The lowest BCUT2D eigenvalue weighted by molar-refractivity contribution is 0.376. The summed E-state index contributed by atoms with van der Waals surface area (Å²) in [6, 6.07) is 30.8. The Hall–Kier alpha value is -3.19. The second-order valence-corrected chi connectivity index (χ2v) is 12.2. The van der Waals surface area contributed by atoms with Gasteiger partial charge in [0.1, 0.15) is 5.75 Å². The predicted octanol–water partition coefficient (Wildman–Crippen LogP) is 6.23. The minimum atomic E-state index is -3.51. The fourth-order valence-corrected chi connectivity index (χ4v) is 6.83. The number of ether oxygens (including phenoxy) is 1. The standard InChI is InChI=1S/C33H38N2O3S/c1-38-29-16-18-31-28(23-29)15-19-33(32(31)22-25-10-4-2-5-11-25)34-20-8-3-9-21-35-39(36,37)30-17-14-26-12-6-7-13-27(26)24-30/h2,4-7,10-14,16-18,23-24,32-35H,3,8-9,15,19-22H2,1H3. The molecule has 0 saturated heterocycles. The Balaban J connectivity index is 1.11. The van der Waals surface area contributed by atoms with Crippen LogP contribution >= 0.6 is 0 Å². The first-order chi connectivity index (χ1) is 19.0. The van der Waals surface area contributed by atoms with Gasteiger partial charge in [-0.15, -0.1) is 0 Å². The maximum Gasteiger partial charge on any atom is 0.240 e. The minimum absolute atomic E-state index is 0.322. The summed E-state index contributed by atoms with van der Waals surface area (Å²) in [7, 11) is -1.78. The van der Waals surface area contributed by atoms with Crippen molar-refractivity contribution in [1.82, 2.24) is 10.0 Å². The summed E-state index contributed by atoms with van der Waals surface area (Å²) in [4.78, 5) is 0.322. The molecule has 6 heteroatoms. The number of hydrogen-bond donors (Lipinski definition) is 2. The van der Waals surface area contributed by atoms with Crippen LogP contribution in [0.25, 0.3) is 10.8 Å². The van der Waals surface area contributed by atoms with Crippen LogP contribution in [0.5, 0.6) is 5.75 Å². The van der Waals surface area contributed by atoms with Crippen molar-refractivity contribution in [2.24, 2.45) is 0 Å². The molecule has 2 N–H and O–H groups in total. The molecule has 5 rings (SSSR count). The van der Waals surface area contributed by atoms with Gasteiger partial charge < -0.3 is 10.1 Å². The van der Waals surface area contributed by atoms with Crippen molar-refractivity contribution in [1.29, 1.82) is 0 Å². The molecule has 39 heavy (non-hydrogen) atoms. The second-order valence-electron chi connectivity index (χ2n) is 10.4. The van der Waals surface area contributed by atoms with Crippen LogP contribution in [0.3, 0.4) is 0 Å². The Morgan fingerprint density at radius 1 is 0.821 bits per heavy atom. The number of benzene rings is 4. The molecule has 0 bridgehead atoms. The molecule has 4 aromatic carbocycles. The lowest BCUT2D eigenvalue weighted by atomic mass is 9.76. The first kappa shape index (κ1) is 27.4. The van der Waals surface area contributed by atoms with E-state index >= 15 is 0 Å². The molecule has 1 aliphatic carbocycles. The molecule has 0 saturated carbocycles. The van der Waals surface area contributed by atoms with Crippen LogP contribution in [0.4, 0.5) is 0 Å². The van der Waals surface area contributed by atoms with Crippen LogP contribution < -0.4 is 14.8 Å². The van der Waals surface area contributed by atoms with Gasteiger partial charge in [0.25, 0.3) is 0 Å². The van der Waals surface area contributed by atoms with Crippen molar-refractivity contribution in [3.05, 3.63) is 108 Å². The van der Waals surface area contributed by atoms with Gasteiger partial charge >= 0.3 is 0 Å². The first-order valence-electron chi connectivity index (χ1n) is 14.0. The molecule has 0 aromatic heterocycles. The molecule has 5 nitrogen and oxygen atoms in total. The van der Waals surface area contributed by atoms with Crippen molar-refractivity contribution in [2.75, 3.05) is 20.2 Å². The van der Waals surface area contributed by atoms with Crippen molar-refractivity contribution in [3.63, 3.8) is 0 Å². The van der Waals surface area contributed by atoms with Crippen LogP contribution in [0.1, 0.15) is 48.3 Å². The van der Waals surface area contributed by atoms with E-state index in [4.69, 9.17) is 4.74 Å². The monoisotopic (exact) mass is 542 g/mol. The highest BCUT2D eigenvalue weighted by atomic mass is 32.2. The van der Waals surface area contributed by atoms with Gasteiger partial charge in [-0.25, -0.2) is 13.1 Å². The molecule has 204 valence electrons. The van der Waals surface area contributed by atoms with E-state index in [2.05, 4.69) is 58.6 Å². The third-order valence-electron chi connectivity index (χ3n) is 7.84. The van der Waals surface area contributed by atoms with Crippen LogP contribution in [-0.4, -0.2) is 34.7 Å². The molecule has 0 aliphatic heterocycles. The number of sulfonamides is 1. The van der Waals surface area contributed by atoms with E-state index in [0.29, 0.717) is 23.4 Å². The molecule has 1 aliphatic rings. The summed E-state index contributed by atoms with van der Waals surface area (Å²) >= 11 is 0. The molecule has 0 radical (unpaired) electrons. The zero-order valence-corrected chi connectivity index (χ0v) is 23.4. The minimum Gasteiger partial charge on any atom is -0.497 e. The maximum atomic E-state index is 12.8. The molecule has 2 unspecified atom stereocenters. The van der Waals surface area contributed by atoms with E-state index in [1.165, 1.54) is 16.7 Å². The average Bonchev–Trinajstić information content (AvgIpc) is 2.97. The number of unbranched alkanes of at least 4 members (excludes halogenated alkanes) is 2. The topological polar surface area (TPSA) is 67.4 Å². The largest absolute Gasteiger partial charge is 0.497 e. The molecular formula is C33H38N2O3S. The van der Waals surface area contributed by atoms with Crippen molar-refractivity contribution < 1.29 is 13.2 Å². The smallest absolute Gasteiger partial charge is 0.240 e. The Morgan fingerprint density at radius 3 is 2.41 bits per heavy atom. The van der Waals surface area contributed by atoms with Crippen molar-refractivity contribution >= 4 is 20.8 Å². The third kappa shape index (κ3) is 6.88. The van der Waals surface area contributed by atoms with Gasteiger partial charge in [0.2, 0.25) is 10.0 Å². The van der Waals surface area contributed by atoms with Gasteiger partial charge in [-0.1, -0.05) is 73.2 Å². The Morgan fingerprint density at radius 2 is 1.59 bits per heavy atom. The van der Waals surface area contributed by atoms with Crippen LogP contribution in [0, 0.1) is 0 Å². The number of fused-ring (bicyclic) bond motifs is 2. The molecule has 0 amide bonds. The van der Waals surface area contributed by atoms with E-state index in [-0.39, 0.29) is 0 Å². The molecule has 0 spiro atoms. The second kappa shape index (κ2) is 12.8. The fraction of sp³-hybridized carbons (Fsp3) is 0.333. The zero-order chi connectivity index (χ0) is 27.1. The molecule has 0 heterocycles. The number of nitrogens with one attached hydrogen (secondary N) is 2. The molecule has 4 aromatic rings. The molecule has 0 fully saturated rings. The quantitative estimate of drug-likeness (QED) is 0.208. The summed E-state index contributed by atoms with van der Waals surface area (Å²) < 4.78 is 33.8. The van der Waals surface area contributed by atoms with E-state index in [0.717, 1.165) is 61.6 Å². The van der Waals surface area contributed by atoms with Crippen molar-refractivity contribution in [3.8, 4) is 5.75 Å². The summed E-state index contributed by atoms with van der Waals surface area (Å²) in [5, 5.41) is 5.81. The Bertz CT molecular complexity index is 1490. The highest BCUT2D eigenvalue weighted by Crippen LogP contribution is 2.36. The third-order valence-corrected chi connectivity index (χ3v) is 9.30. The van der Waals surface area contributed by atoms with E-state index in [1.54, 1.807) is 19.2 Å². The Kier molecular flexibility index (Phi) is 8.97. The summed E-state index contributed by atoms with van der Waals surface area (Å²) in [5.41, 5.74) is 4.18. The van der Waals surface area contributed by atoms with Crippen LogP contribution in [0.15, 0.2) is 95.9 Å². The van der Waals surface area contributed by atoms with Crippen molar-refractivity contribution in [2.45, 2.75) is 55.4 Å². The lowest BCUT2D eigenvalue weighted by Gasteiger charge is -2.35. The van der Waals surface area contributed by atoms with E-state index < -0.39 is 10.0 Å². The maximum absolute atomic E-state index is 12.8. The van der Waals surface area contributed by atoms with Gasteiger partial charge in [0.05, 0.1) is 12.0 Å². The Labute approximate surface area is 232 Å². The lowest BCUT2D eigenvalue weighted by Crippen LogP contribution is -2.40. The first-order valence-corrected chi connectivity index (χ1v) is 15.4. The number of aryl methyl sites for hydroxylation is 1.